The van der Waals surface area contributed by atoms with Gasteiger partial charge >= 0.3 is 12.1 Å². The summed E-state index contributed by atoms with van der Waals surface area (Å²) in [6, 6.07) is 6.59. The van der Waals surface area contributed by atoms with Crippen LogP contribution >= 0.6 is 0 Å². The van der Waals surface area contributed by atoms with Crippen LogP contribution in [0.2, 0.25) is 0 Å². The number of piperidine rings is 1. The highest BCUT2D eigenvalue weighted by Crippen LogP contribution is 2.29. The van der Waals surface area contributed by atoms with Crippen LogP contribution in [-0.4, -0.2) is 43.8 Å². The van der Waals surface area contributed by atoms with Gasteiger partial charge in [-0.05, 0) is 31.9 Å². The number of amides is 1. The zero-order chi connectivity index (χ0) is 17.5. The maximum atomic E-state index is 12.4. The van der Waals surface area contributed by atoms with Crippen molar-refractivity contribution in [3.63, 3.8) is 0 Å². The third-order valence-corrected chi connectivity index (χ3v) is 3.78. The second-order valence-electron chi connectivity index (χ2n) is 5.38. The fourth-order valence-electron chi connectivity index (χ4n) is 2.56. The molecular formula is C17H20N2O5. The molecule has 1 aliphatic heterocycles. The Morgan fingerprint density at radius 2 is 2.17 bits per heavy atom. The zero-order valence-electron chi connectivity index (χ0n) is 13.8. The molecule has 1 fully saturated rings. The number of carbonyl (C=O) groups is 2. The number of rotatable bonds is 4. The highest BCUT2D eigenvalue weighted by molar-refractivity contribution is 5.77. The Hall–Kier alpha value is -2.75. The standard InChI is InChI=1S/C17H20N2O5/c1-3-23-17(21)19-8-4-5-13(11-19)16(20)24-14-7-6-12(10-18)9-15(14)22-2/h6-7,9,13H,3-5,8,11H2,1-2H3/t13-/m0/s1. The molecule has 1 aromatic carbocycles. The van der Waals surface area contributed by atoms with Crippen LogP contribution in [0.4, 0.5) is 4.79 Å². The number of nitriles is 1. The van der Waals surface area contributed by atoms with Crippen molar-refractivity contribution in [1.29, 1.82) is 5.26 Å². The summed E-state index contributed by atoms with van der Waals surface area (Å²) < 4.78 is 15.5. The van der Waals surface area contributed by atoms with Gasteiger partial charge in [0.25, 0.3) is 0 Å². The fourth-order valence-corrected chi connectivity index (χ4v) is 2.56. The van der Waals surface area contributed by atoms with E-state index in [0.29, 0.717) is 37.3 Å². The molecule has 7 nitrogen and oxygen atoms in total. The van der Waals surface area contributed by atoms with Crippen molar-refractivity contribution in [3.8, 4) is 17.6 Å². The van der Waals surface area contributed by atoms with Crippen LogP contribution in [0.5, 0.6) is 11.5 Å². The van der Waals surface area contributed by atoms with E-state index in [1.807, 2.05) is 6.07 Å². The molecule has 1 atom stereocenters. The van der Waals surface area contributed by atoms with Gasteiger partial charge in [0.1, 0.15) is 0 Å². The number of methoxy groups -OCH3 is 1. The number of hydrogen-bond acceptors (Lipinski definition) is 6. The van der Waals surface area contributed by atoms with Crippen molar-refractivity contribution in [1.82, 2.24) is 4.90 Å². The van der Waals surface area contributed by atoms with Crippen LogP contribution < -0.4 is 9.47 Å². The predicted octanol–water partition coefficient (Wildman–Crippen LogP) is 2.34. The van der Waals surface area contributed by atoms with Gasteiger partial charge in [0, 0.05) is 19.2 Å². The average Bonchev–Trinajstić information content (AvgIpc) is 2.62. The number of nitrogens with zero attached hydrogens (tertiary/aromatic N) is 2. The second-order valence-corrected chi connectivity index (χ2v) is 5.38. The highest BCUT2D eigenvalue weighted by Gasteiger charge is 2.30. The number of ether oxygens (including phenoxy) is 3. The molecule has 1 saturated heterocycles. The summed E-state index contributed by atoms with van der Waals surface area (Å²) in [4.78, 5) is 25.7. The normalized spacial score (nSPS) is 16.9. The first kappa shape index (κ1) is 17.6. The molecule has 24 heavy (non-hydrogen) atoms. The van der Waals surface area contributed by atoms with Gasteiger partial charge in [0.05, 0.1) is 31.3 Å². The van der Waals surface area contributed by atoms with E-state index < -0.39 is 18.0 Å². The Labute approximate surface area is 140 Å². The number of hydrogen-bond donors (Lipinski definition) is 0. The lowest BCUT2D eigenvalue weighted by Gasteiger charge is -2.30. The summed E-state index contributed by atoms with van der Waals surface area (Å²) >= 11 is 0. The van der Waals surface area contributed by atoms with E-state index in [1.54, 1.807) is 13.0 Å². The minimum atomic E-state index is -0.424. The molecule has 0 aliphatic carbocycles. The molecule has 0 radical (unpaired) electrons. The lowest BCUT2D eigenvalue weighted by molar-refractivity contribution is -0.140. The first-order valence-corrected chi connectivity index (χ1v) is 7.80. The molecular weight excluding hydrogens is 312 g/mol. The maximum absolute atomic E-state index is 12.4. The number of benzene rings is 1. The molecule has 7 heteroatoms. The summed E-state index contributed by atoms with van der Waals surface area (Å²) in [7, 11) is 1.44. The van der Waals surface area contributed by atoms with E-state index in [-0.39, 0.29) is 12.3 Å². The number of likely N-dealkylation sites (tertiary alicyclic amines) is 1. The Kier molecular flexibility index (Phi) is 6.01. The van der Waals surface area contributed by atoms with E-state index >= 15 is 0 Å². The monoisotopic (exact) mass is 332 g/mol. The SMILES string of the molecule is CCOC(=O)N1CCC[C@H](C(=O)Oc2ccc(C#N)cc2OC)C1. The first-order chi connectivity index (χ1) is 11.6. The third kappa shape index (κ3) is 4.16. The predicted molar refractivity (Wildman–Crippen MR) is 84.7 cm³/mol. The molecule has 0 unspecified atom stereocenters. The van der Waals surface area contributed by atoms with Crippen molar-refractivity contribution < 1.29 is 23.8 Å². The van der Waals surface area contributed by atoms with E-state index in [4.69, 9.17) is 19.5 Å². The molecule has 1 amide bonds. The van der Waals surface area contributed by atoms with Crippen molar-refractivity contribution in [2.75, 3.05) is 26.8 Å². The van der Waals surface area contributed by atoms with Crippen molar-refractivity contribution in [2.45, 2.75) is 19.8 Å². The Morgan fingerprint density at radius 3 is 2.83 bits per heavy atom. The molecule has 1 aliphatic rings. The average molecular weight is 332 g/mol. The fraction of sp³-hybridized carbons (Fsp3) is 0.471. The minimum Gasteiger partial charge on any atom is -0.493 e. The molecule has 0 aromatic heterocycles. The van der Waals surface area contributed by atoms with Crippen molar-refractivity contribution >= 4 is 12.1 Å². The molecule has 128 valence electrons. The van der Waals surface area contributed by atoms with Crippen molar-refractivity contribution in [2.24, 2.45) is 5.92 Å². The van der Waals surface area contributed by atoms with Crippen LogP contribution in [0.15, 0.2) is 18.2 Å². The van der Waals surface area contributed by atoms with Crippen LogP contribution in [-0.2, 0) is 9.53 Å². The summed E-state index contributed by atoms with van der Waals surface area (Å²) in [6.45, 7) is 2.89. The van der Waals surface area contributed by atoms with E-state index in [9.17, 15) is 9.59 Å². The van der Waals surface area contributed by atoms with Crippen LogP contribution in [0.25, 0.3) is 0 Å². The highest BCUT2D eigenvalue weighted by atomic mass is 16.6. The Morgan fingerprint density at radius 1 is 1.38 bits per heavy atom. The van der Waals surface area contributed by atoms with Gasteiger partial charge in [0.15, 0.2) is 11.5 Å². The van der Waals surface area contributed by atoms with Gasteiger partial charge in [-0.1, -0.05) is 0 Å². The van der Waals surface area contributed by atoms with Crippen LogP contribution in [0, 0.1) is 17.2 Å². The lowest BCUT2D eigenvalue weighted by atomic mass is 9.98. The summed E-state index contributed by atoms with van der Waals surface area (Å²) in [5.74, 6) is -0.259. The number of carbonyl (C=O) groups excluding carboxylic acids is 2. The molecule has 1 heterocycles. The summed E-state index contributed by atoms with van der Waals surface area (Å²) in [5.41, 5.74) is 0.415. The molecule has 0 saturated carbocycles. The Bertz CT molecular complexity index is 653. The summed E-state index contributed by atoms with van der Waals surface area (Å²) in [5, 5.41) is 8.90. The van der Waals surface area contributed by atoms with E-state index in [0.717, 1.165) is 0 Å². The van der Waals surface area contributed by atoms with Gasteiger partial charge in [-0.15, -0.1) is 0 Å². The van der Waals surface area contributed by atoms with Crippen LogP contribution in [0.1, 0.15) is 25.3 Å². The number of esters is 1. The quantitative estimate of drug-likeness (QED) is 0.621. The lowest BCUT2D eigenvalue weighted by Crippen LogP contribution is -2.43. The molecule has 0 spiro atoms. The first-order valence-electron chi connectivity index (χ1n) is 7.80. The molecule has 0 N–H and O–H groups in total. The topological polar surface area (TPSA) is 88.9 Å². The minimum absolute atomic E-state index is 0.259. The Balaban J connectivity index is 2.04. The van der Waals surface area contributed by atoms with Gasteiger partial charge in [-0.25, -0.2) is 4.79 Å². The molecule has 2 rings (SSSR count). The largest absolute Gasteiger partial charge is 0.493 e. The van der Waals surface area contributed by atoms with E-state index in [1.165, 1.54) is 24.1 Å². The van der Waals surface area contributed by atoms with Gasteiger partial charge in [-0.2, -0.15) is 5.26 Å². The third-order valence-electron chi connectivity index (χ3n) is 3.78. The zero-order valence-corrected chi connectivity index (χ0v) is 13.8. The maximum Gasteiger partial charge on any atom is 0.409 e. The second kappa shape index (κ2) is 8.20. The van der Waals surface area contributed by atoms with Gasteiger partial charge < -0.3 is 19.1 Å². The molecule has 1 aromatic rings. The van der Waals surface area contributed by atoms with Gasteiger partial charge in [-0.3, -0.25) is 4.79 Å². The molecule has 0 bridgehead atoms. The smallest absolute Gasteiger partial charge is 0.409 e. The van der Waals surface area contributed by atoms with Crippen molar-refractivity contribution in [3.05, 3.63) is 23.8 Å². The van der Waals surface area contributed by atoms with Gasteiger partial charge in [0.2, 0.25) is 0 Å². The van der Waals surface area contributed by atoms with E-state index in [2.05, 4.69) is 0 Å². The summed E-state index contributed by atoms with van der Waals surface area (Å²) in [6.07, 6.45) is 0.946. The van der Waals surface area contributed by atoms with Crippen LogP contribution in [0.3, 0.4) is 0 Å².